The van der Waals surface area contributed by atoms with E-state index in [1.165, 1.54) is 12.1 Å². The maximum absolute atomic E-state index is 11.9. The third-order valence-electron chi connectivity index (χ3n) is 2.60. The molecule has 1 atom stereocenters. The number of halogens is 1. The molecule has 3 N–H and O–H groups in total. The highest BCUT2D eigenvalue weighted by Crippen LogP contribution is 2.22. The minimum Gasteiger partial charge on any atom is -0.398 e. The van der Waals surface area contributed by atoms with Crippen LogP contribution < -0.4 is 10.5 Å². The zero-order valence-corrected chi connectivity index (χ0v) is 12.3. The van der Waals surface area contributed by atoms with E-state index in [2.05, 4.69) is 20.7 Å². The molecule has 0 saturated carbocycles. The van der Waals surface area contributed by atoms with Crippen molar-refractivity contribution in [2.24, 2.45) is 5.92 Å². The Kier molecular flexibility index (Phi) is 4.97. The first-order valence-corrected chi connectivity index (χ1v) is 7.69. The molecule has 1 aromatic rings. The van der Waals surface area contributed by atoms with Crippen LogP contribution in [0.3, 0.4) is 0 Å². The van der Waals surface area contributed by atoms with Crippen molar-refractivity contribution in [1.29, 1.82) is 0 Å². The summed E-state index contributed by atoms with van der Waals surface area (Å²) >= 11 is 3.21. The molecule has 0 aromatic heterocycles. The Labute approximate surface area is 111 Å². The monoisotopic (exact) mass is 320 g/mol. The molecule has 0 aliphatic heterocycles. The van der Waals surface area contributed by atoms with Crippen LogP contribution in [0.4, 0.5) is 5.69 Å². The molecule has 0 saturated heterocycles. The Morgan fingerprint density at radius 1 is 1.47 bits per heavy atom. The van der Waals surface area contributed by atoms with Crippen LogP contribution in [-0.4, -0.2) is 15.0 Å². The fraction of sp³-hybridized carbons (Fsp3) is 0.455. The molecular formula is C11H17BrN2O2S. The van der Waals surface area contributed by atoms with Gasteiger partial charge in [0.2, 0.25) is 10.0 Å². The molecule has 0 aliphatic carbocycles. The highest BCUT2D eigenvalue weighted by atomic mass is 79.9. The molecule has 4 nitrogen and oxygen atoms in total. The van der Waals surface area contributed by atoms with Crippen LogP contribution in [-0.2, 0) is 10.0 Å². The fourth-order valence-electron chi connectivity index (χ4n) is 1.15. The molecule has 1 unspecified atom stereocenters. The molecule has 1 rings (SSSR count). The van der Waals surface area contributed by atoms with E-state index in [4.69, 9.17) is 5.73 Å². The largest absolute Gasteiger partial charge is 0.398 e. The van der Waals surface area contributed by atoms with Gasteiger partial charge in [0, 0.05) is 16.7 Å². The lowest BCUT2D eigenvalue weighted by molar-refractivity contribution is 0.528. The van der Waals surface area contributed by atoms with E-state index in [1.807, 2.05) is 13.8 Å². The number of benzene rings is 1. The van der Waals surface area contributed by atoms with Crippen molar-refractivity contribution in [2.75, 3.05) is 12.3 Å². The Morgan fingerprint density at radius 3 is 2.65 bits per heavy atom. The number of hydrogen-bond acceptors (Lipinski definition) is 3. The number of nitrogen functional groups attached to an aromatic ring is 1. The van der Waals surface area contributed by atoms with E-state index in [-0.39, 0.29) is 4.90 Å². The number of nitrogens with two attached hydrogens (primary N) is 1. The quantitative estimate of drug-likeness (QED) is 0.818. The molecular weight excluding hydrogens is 304 g/mol. The third-order valence-corrected chi connectivity index (χ3v) is 4.71. The maximum atomic E-state index is 11.9. The van der Waals surface area contributed by atoms with Crippen molar-refractivity contribution in [3.63, 3.8) is 0 Å². The summed E-state index contributed by atoms with van der Waals surface area (Å²) in [7, 11) is -3.44. The maximum Gasteiger partial charge on any atom is 0.240 e. The van der Waals surface area contributed by atoms with Crippen molar-refractivity contribution in [3.05, 3.63) is 22.7 Å². The van der Waals surface area contributed by atoms with Gasteiger partial charge >= 0.3 is 0 Å². The Balaban J connectivity index is 2.86. The first-order valence-electron chi connectivity index (χ1n) is 5.41. The lowest BCUT2D eigenvalue weighted by atomic mass is 10.1. The molecule has 6 heteroatoms. The summed E-state index contributed by atoms with van der Waals surface area (Å²) < 4.78 is 27.1. The first kappa shape index (κ1) is 14.5. The van der Waals surface area contributed by atoms with Gasteiger partial charge in [-0.1, -0.05) is 20.3 Å². The van der Waals surface area contributed by atoms with Crippen LogP contribution in [0.1, 0.15) is 20.3 Å². The highest BCUT2D eigenvalue weighted by Gasteiger charge is 2.15. The summed E-state index contributed by atoms with van der Waals surface area (Å²) in [6.45, 7) is 4.47. The van der Waals surface area contributed by atoms with Gasteiger partial charge in [-0.15, -0.1) is 0 Å². The van der Waals surface area contributed by atoms with Crippen LogP contribution in [0.25, 0.3) is 0 Å². The summed E-state index contributed by atoms with van der Waals surface area (Å²) in [5.41, 5.74) is 6.13. The SMILES string of the molecule is CCC(C)CNS(=O)(=O)c1ccc(N)c(Br)c1. The smallest absolute Gasteiger partial charge is 0.240 e. The van der Waals surface area contributed by atoms with E-state index in [0.717, 1.165) is 6.42 Å². The van der Waals surface area contributed by atoms with Crippen LogP contribution in [0.2, 0.25) is 0 Å². The number of sulfonamides is 1. The Morgan fingerprint density at radius 2 is 2.12 bits per heavy atom. The summed E-state index contributed by atoms with van der Waals surface area (Å²) in [4.78, 5) is 0.224. The lowest BCUT2D eigenvalue weighted by Gasteiger charge is -2.11. The summed E-state index contributed by atoms with van der Waals surface area (Å²) in [5, 5.41) is 0. The molecule has 0 heterocycles. The summed E-state index contributed by atoms with van der Waals surface area (Å²) in [6, 6.07) is 4.58. The third kappa shape index (κ3) is 3.97. The molecule has 17 heavy (non-hydrogen) atoms. The topological polar surface area (TPSA) is 72.2 Å². The van der Waals surface area contributed by atoms with E-state index < -0.39 is 10.0 Å². The van der Waals surface area contributed by atoms with Crippen LogP contribution >= 0.6 is 15.9 Å². The molecule has 0 spiro atoms. The Hall–Kier alpha value is -0.590. The standard InChI is InChI=1S/C11H17BrN2O2S/c1-3-8(2)7-14-17(15,16)9-4-5-11(13)10(12)6-9/h4-6,8,14H,3,7,13H2,1-2H3. The molecule has 1 aromatic carbocycles. The minimum absolute atomic E-state index is 0.224. The second-order valence-electron chi connectivity index (χ2n) is 4.05. The van der Waals surface area contributed by atoms with Gasteiger partial charge in [-0.05, 0) is 40.0 Å². The van der Waals surface area contributed by atoms with Crippen molar-refractivity contribution in [1.82, 2.24) is 4.72 Å². The number of hydrogen-bond donors (Lipinski definition) is 2. The van der Waals surface area contributed by atoms with E-state index >= 15 is 0 Å². The van der Waals surface area contributed by atoms with Crippen molar-refractivity contribution >= 4 is 31.6 Å². The number of rotatable bonds is 5. The second kappa shape index (κ2) is 5.84. The van der Waals surface area contributed by atoms with Crippen LogP contribution in [0, 0.1) is 5.92 Å². The normalized spacial score (nSPS) is 13.6. The molecule has 0 radical (unpaired) electrons. The fourth-order valence-corrected chi connectivity index (χ4v) is 2.88. The average Bonchev–Trinajstić information content (AvgIpc) is 2.29. The zero-order valence-electron chi connectivity index (χ0n) is 9.90. The van der Waals surface area contributed by atoms with Crippen molar-refractivity contribution in [2.45, 2.75) is 25.2 Å². The van der Waals surface area contributed by atoms with Gasteiger partial charge in [0.15, 0.2) is 0 Å². The van der Waals surface area contributed by atoms with Crippen LogP contribution in [0.5, 0.6) is 0 Å². The summed E-state index contributed by atoms with van der Waals surface area (Å²) in [6.07, 6.45) is 0.938. The molecule has 96 valence electrons. The lowest BCUT2D eigenvalue weighted by Crippen LogP contribution is -2.28. The molecule has 0 aliphatic rings. The highest BCUT2D eigenvalue weighted by molar-refractivity contribution is 9.10. The van der Waals surface area contributed by atoms with Gasteiger partial charge in [-0.3, -0.25) is 0 Å². The van der Waals surface area contributed by atoms with Crippen LogP contribution in [0.15, 0.2) is 27.6 Å². The van der Waals surface area contributed by atoms with Gasteiger partial charge in [0.1, 0.15) is 0 Å². The van der Waals surface area contributed by atoms with E-state index in [1.54, 1.807) is 6.07 Å². The predicted molar refractivity (Wildman–Crippen MR) is 73.2 cm³/mol. The minimum atomic E-state index is -3.44. The van der Waals surface area contributed by atoms with Gasteiger partial charge in [-0.25, -0.2) is 13.1 Å². The number of nitrogens with one attached hydrogen (secondary N) is 1. The first-order chi connectivity index (χ1) is 7.86. The molecule has 0 bridgehead atoms. The van der Waals surface area contributed by atoms with Gasteiger partial charge in [0.25, 0.3) is 0 Å². The molecule has 0 amide bonds. The van der Waals surface area contributed by atoms with Gasteiger partial charge in [-0.2, -0.15) is 0 Å². The Bertz CT molecular complexity index is 488. The summed E-state index contributed by atoms with van der Waals surface area (Å²) in [5.74, 6) is 0.321. The van der Waals surface area contributed by atoms with Crippen molar-refractivity contribution < 1.29 is 8.42 Å². The van der Waals surface area contributed by atoms with Gasteiger partial charge in [0.05, 0.1) is 4.90 Å². The molecule has 0 fully saturated rings. The van der Waals surface area contributed by atoms with Gasteiger partial charge < -0.3 is 5.73 Å². The van der Waals surface area contributed by atoms with Crippen molar-refractivity contribution in [3.8, 4) is 0 Å². The average molecular weight is 321 g/mol. The predicted octanol–water partition coefficient (Wildman–Crippen LogP) is 2.36. The second-order valence-corrected chi connectivity index (χ2v) is 6.67. The van der Waals surface area contributed by atoms with E-state index in [0.29, 0.717) is 22.6 Å². The zero-order chi connectivity index (χ0) is 13.1. The number of anilines is 1. The van der Waals surface area contributed by atoms with E-state index in [9.17, 15) is 8.42 Å².